The van der Waals surface area contributed by atoms with E-state index in [9.17, 15) is 26.7 Å². The zero-order valence-electron chi connectivity index (χ0n) is 16.0. The van der Waals surface area contributed by atoms with Gasteiger partial charge in [0.2, 0.25) is 5.78 Å². The highest BCUT2D eigenvalue weighted by Crippen LogP contribution is 2.37. The number of fused-ring (bicyclic) bond motifs is 1. The van der Waals surface area contributed by atoms with E-state index in [-0.39, 0.29) is 33.3 Å². The first-order chi connectivity index (χ1) is 13.4. The summed E-state index contributed by atoms with van der Waals surface area (Å²) in [7, 11) is 0. The Morgan fingerprint density at radius 3 is 2.31 bits per heavy atom. The van der Waals surface area contributed by atoms with Crippen LogP contribution in [0.15, 0.2) is 42.6 Å². The van der Waals surface area contributed by atoms with Crippen molar-refractivity contribution in [2.24, 2.45) is 5.41 Å². The van der Waals surface area contributed by atoms with Crippen molar-refractivity contribution in [3.63, 3.8) is 0 Å². The van der Waals surface area contributed by atoms with Crippen LogP contribution in [0.5, 0.6) is 0 Å². The third-order valence-electron chi connectivity index (χ3n) is 4.34. The van der Waals surface area contributed by atoms with E-state index in [1.807, 2.05) is 20.8 Å². The molecule has 0 bridgehead atoms. The molecule has 3 rings (SSSR count). The number of Topliss-reactive ketones (excluding diaryl/α,β-unsaturated/α-hetero) is 1. The van der Waals surface area contributed by atoms with E-state index in [1.165, 1.54) is 36.5 Å². The minimum absolute atomic E-state index is 0.0507. The van der Waals surface area contributed by atoms with Gasteiger partial charge in [-0.15, -0.1) is 0 Å². The van der Waals surface area contributed by atoms with Crippen LogP contribution in [-0.2, 0) is 12.7 Å². The molecule has 1 aromatic carbocycles. The van der Waals surface area contributed by atoms with E-state index >= 15 is 0 Å². The molecular formula is C21H19F5N2O. The minimum Gasteiger partial charge on any atom is -0.331 e. The molecule has 0 aliphatic rings. The first-order valence-electron chi connectivity index (χ1n) is 8.87. The summed E-state index contributed by atoms with van der Waals surface area (Å²) < 4.78 is 67.7. The Labute approximate surface area is 164 Å². The van der Waals surface area contributed by atoms with Crippen molar-refractivity contribution in [1.29, 1.82) is 0 Å². The molecule has 0 radical (unpaired) electrons. The smallest absolute Gasteiger partial charge is 0.331 e. The number of hydrogen-bond donors (Lipinski definition) is 0. The van der Waals surface area contributed by atoms with E-state index in [4.69, 9.17) is 0 Å². The van der Waals surface area contributed by atoms with Gasteiger partial charge in [-0.3, -0.25) is 4.79 Å². The summed E-state index contributed by atoms with van der Waals surface area (Å²) in [5.74, 6) is -1.34. The summed E-state index contributed by atoms with van der Waals surface area (Å²) in [5, 5.41) is 0.188. The fraction of sp³-hybridized carbons (Fsp3) is 0.333. The molecule has 3 aromatic rings. The van der Waals surface area contributed by atoms with Crippen LogP contribution in [0.2, 0.25) is 0 Å². The highest BCUT2D eigenvalue weighted by Gasteiger charge is 2.34. The number of nitrogens with zero attached hydrogens (tertiary/aromatic N) is 2. The fourth-order valence-electron chi connectivity index (χ4n) is 3.21. The Balaban J connectivity index is 2.24. The second-order valence-corrected chi connectivity index (χ2v) is 8.01. The number of hydrogen-bond acceptors (Lipinski definition) is 2. The first-order valence-corrected chi connectivity index (χ1v) is 8.87. The van der Waals surface area contributed by atoms with Crippen LogP contribution in [0.4, 0.5) is 22.0 Å². The van der Waals surface area contributed by atoms with Gasteiger partial charge in [0.15, 0.2) is 0 Å². The molecule has 0 fully saturated rings. The number of carbonyl (C=O) groups excluding carboxylic acids is 1. The van der Waals surface area contributed by atoms with Crippen LogP contribution in [0.25, 0.3) is 22.3 Å². The molecule has 0 amide bonds. The third kappa shape index (κ3) is 4.31. The molecule has 3 nitrogen and oxygen atoms in total. The molecular weight excluding hydrogens is 391 g/mol. The van der Waals surface area contributed by atoms with Crippen molar-refractivity contribution < 1.29 is 26.7 Å². The fourth-order valence-corrected chi connectivity index (χ4v) is 3.21. The van der Waals surface area contributed by atoms with Crippen molar-refractivity contribution in [2.75, 3.05) is 0 Å². The van der Waals surface area contributed by atoms with Gasteiger partial charge >= 0.3 is 12.6 Å². The molecule has 8 heteroatoms. The van der Waals surface area contributed by atoms with Gasteiger partial charge in [0.05, 0.1) is 16.8 Å². The maximum Gasteiger partial charge on any atom is 0.417 e. The second-order valence-electron chi connectivity index (χ2n) is 8.01. The number of ketones is 1. The number of halogens is 5. The van der Waals surface area contributed by atoms with E-state index in [0.717, 1.165) is 6.07 Å². The van der Waals surface area contributed by atoms with Gasteiger partial charge in [0.25, 0.3) is 0 Å². The van der Waals surface area contributed by atoms with E-state index in [0.29, 0.717) is 6.54 Å². The number of alkyl halides is 5. The summed E-state index contributed by atoms with van der Waals surface area (Å²) in [5.41, 5.74) is -1.19. The Morgan fingerprint density at radius 1 is 1.07 bits per heavy atom. The number of carbonyl (C=O) groups is 1. The molecule has 0 N–H and O–H groups in total. The van der Waals surface area contributed by atoms with Gasteiger partial charge in [0.1, 0.15) is 5.65 Å². The Hall–Kier alpha value is -2.77. The largest absolute Gasteiger partial charge is 0.417 e. The standard InChI is InChI=1S/C21H19F5N2O/c1-20(2,3)11-28-10-14(17(29)18(22)23)12-8-9-16(27-19(12)28)13-6-4-5-7-15(13)21(24,25)26/h4-10,18H,11H2,1-3H3. The molecule has 0 aliphatic carbocycles. The molecule has 0 saturated carbocycles. The Morgan fingerprint density at radius 2 is 1.72 bits per heavy atom. The zero-order chi connectivity index (χ0) is 21.6. The second kappa shape index (κ2) is 7.24. The van der Waals surface area contributed by atoms with Gasteiger partial charge in [-0.2, -0.15) is 13.2 Å². The summed E-state index contributed by atoms with van der Waals surface area (Å²) >= 11 is 0. The quantitative estimate of drug-likeness (QED) is 0.378. The van der Waals surface area contributed by atoms with Crippen LogP contribution >= 0.6 is 0 Å². The maximum absolute atomic E-state index is 13.4. The number of benzene rings is 1. The van der Waals surface area contributed by atoms with Crippen molar-refractivity contribution in [3.8, 4) is 11.3 Å². The number of aromatic nitrogens is 2. The van der Waals surface area contributed by atoms with Gasteiger partial charge in [-0.25, -0.2) is 13.8 Å². The molecule has 154 valence electrons. The van der Waals surface area contributed by atoms with Gasteiger partial charge in [-0.1, -0.05) is 39.0 Å². The Kier molecular flexibility index (Phi) is 5.23. The van der Waals surface area contributed by atoms with Crippen molar-refractivity contribution in [3.05, 3.63) is 53.7 Å². The lowest BCUT2D eigenvalue weighted by Gasteiger charge is -2.19. The van der Waals surface area contributed by atoms with Gasteiger partial charge < -0.3 is 4.57 Å². The van der Waals surface area contributed by atoms with Crippen LogP contribution in [0, 0.1) is 5.41 Å². The normalized spacial score (nSPS) is 12.7. The monoisotopic (exact) mass is 410 g/mol. The Bertz CT molecular complexity index is 1060. The minimum atomic E-state index is -4.57. The topological polar surface area (TPSA) is 34.9 Å². The molecule has 29 heavy (non-hydrogen) atoms. The van der Waals surface area contributed by atoms with Crippen LogP contribution < -0.4 is 0 Å². The molecule has 0 spiro atoms. The summed E-state index contributed by atoms with van der Waals surface area (Å²) in [4.78, 5) is 16.3. The molecule has 0 aliphatic heterocycles. The van der Waals surface area contributed by atoms with Crippen LogP contribution in [-0.4, -0.2) is 21.8 Å². The molecule has 0 saturated heterocycles. The van der Waals surface area contributed by atoms with E-state index in [2.05, 4.69) is 4.98 Å². The van der Waals surface area contributed by atoms with Gasteiger partial charge in [-0.05, 0) is 23.6 Å². The zero-order valence-corrected chi connectivity index (χ0v) is 16.0. The molecule has 2 heterocycles. The molecule has 0 unspecified atom stereocenters. The number of rotatable bonds is 4. The number of pyridine rings is 1. The highest BCUT2D eigenvalue weighted by molar-refractivity contribution is 6.09. The third-order valence-corrected chi connectivity index (χ3v) is 4.34. The predicted octanol–water partition coefficient (Wildman–Crippen LogP) is 6.22. The molecule has 0 atom stereocenters. The maximum atomic E-state index is 13.4. The summed E-state index contributed by atoms with van der Waals surface area (Å²) in [6.45, 7) is 6.08. The SMILES string of the molecule is CC(C)(C)Cn1cc(C(=O)C(F)F)c2ccc(-c3ccccc3C(F)(F)F)nc21. The lowest BCUT2D eigenvalue weighted by atomic mass is 9.97. The lowest BCUT2D eigenvalue weighted by molar-refractivity contribution is -0.137. The average molecular weight is 410 g/mol. The summed E-state index contributed by atoms with van der Waals surface area (Å²) in [6.07, 6.45) is -6.46. The average Bonchev–Trinajstić information content (AvgIpc) is 2.96. The van der Waals surface area contributed by atoms with E-state index in [1.54, 1.807) is 4.57 Å². The van der Waals surface area contributed by atoms with Crippen molar-refractivity contribution in [1.82, 2.24) is 9.55 Å². The van der Waals surface area contributed by atoms with Crippen LogP contribution in [0.1, 0.15) is 36.7 Å². The predicted molar refractivity (Wildman–Crippen MR) is 100.0 cm³/mol. The van der Waals surface area contributed by atoms with Crippen LogP contribution in [0.3, 0.4) is 0 Å². The van der Waals surface area contributed by atoms with Crippen molar-refractivity contribution in [2.45, 2.75) is 39.9 Å². The van der Waals surface area contributed by atoms with Gasteiger partial charge in [0, 0.05) is 23.7 Å². The first kappa shape index (κ1) is 21.0. The van der Waals surface area contributed by atoms with Crippen molar-refractivity contribution >= 4 is 16.8 Å². The molecule has 2 aromatic heterocycles. The van der Waals surface area contributed by atoms with E-state index < -0.39 is 23.9 Å². The lowest BCUT2D eigenvalue weighted by Crippen LogP contribution is -2.15. The highest BCUT2D eigenvalue weighted by atomic mass is 19.4. The summed E-state index contributed by atoms with van der Waals surface area (Å²) in [6, 6.07) is 7.71.